The molecular formula is C23H31ClN2O2. The molecule has 0 radical (unpaired) electrons. The van der Waals surface area contributed by atoms with Gasteiger partial charge in [-0.2, -0.15) is 0 Å². The minimum Gasteiger partial charge on any atom is -0.493 e. The van der Waals surface area contributed by atoms with Crippen LogP contribution in [0, 0.1) is 11.3 Å². The Labute approximate surface area is 173 Å². The van der Waals surface area contributed by atoms with Crippen molar-refractivity contribution in [3.63, 3.8) is 0 Å². The summed E-state index contributed by atoms with van der Waals surface area (Å²) in [7, 11) is 1.88. The van der Waals surface area contributed by atoms with E-state index in [9.17, 15) is 4.79 Å². The Hall–Kier alpha value is -1.94. The van der Waals surface area contributed by atoms with Gasteiger partial charge in [0.25, 0.3) is 5.91 Å². The van der Waals surface area contributed by atoms with Crippen LogP contribution >= 0.6 is 11.6 Å². The number of rotatable bonds is 6. The van der Waals surface area contributed by atoms with Gasteiger partial charge in [-0.3, -0.25) is 4.79 Å². The van der Waals surface area contributed by atoms with E-state index in [2.05, 4.69) is 33.0 Å². The number of aromatic nitrogens is 1. The molecule has 1 aliphatic rings. The van der Waals surface area contributed by atoms with Crippen molar-refractivity contribution in [1.82, 2.24) is 9.88 Å². The molecule has 0 unspecified atom stereocenters. The molecule has 1 aromatic carbocycles. The van der Waals surface area contributed by atoms with E-state index in [0.29, 0.717) is 29.9 Å². The molecule has 152 valence electrons. The van der Waals surface area contributed by atoms with E-state index in [-0.39, 0.29) is 11.3 Å². The lowest BCUT2D eigenvalue weighted by atomic mass is 9.75. The number of nitrogens with zero attached hydrogens (tertiary/aromatic N) is 1. The number of amides is 1. The van der Waals surface area contributed by atoms with Gasteiger partial charge in [0.05, 0.1) is 6.61 Å². The quantitative estimate of drug-likeness (QED) is 0.725. The summed E-state index contributed by atoms with van der Waals surface area (Å²) in [5.74, 6) is 1.19. The van der Waals surface area contributed by atoms with E-state index in [1.54, 1.807) is 0 Å². The summed E-state index contributed by atoms with van der Waals surface area (Å²) < 4.78 is 7.74. The van der Waals surface area contributed by atoms with Crippen LogP contribution in [0.2, 0.25) is 5.15 Å². The second-order valence-corrected chi connectivity index (χ2v) is 9.35. The molecule has 4 nitrogen and oxygen atoms in total. The highest BCUT2D eigenvalue weighted by Gasteiger charge is 2.33. The van der Waals surface area contributed by atoms with Crippen LogP contribution < -0.4 is 10.1 Å². The summed E-state index contributed by atoms with van der Waals surface area (Å²) in [6.07, 6.45) is 2.89. The number of benzene rings is 1. The molecule has 1 aromatic heterocycles. The Morgan fingerprint density at radius 1 is 1.29 bits per heavy atom. The second-order valence-electron chi connectivity index (χ2n) is 8.99. The molecule has 0 atom stereocenters. The summed E-state index contributed by atoms with van der Waals surface area (Å²) in [4.78, 5) is 13.1. The second kappa shape index (κ2) is 8.20. The topological polar surface area (TPSA) is 43.3 Å². The van der Waals surface area contributed by atoms with Crippen molar-refractivity contribution in [1.29, 1.82) is 0 Å². The van der Waals surface area contributed by atoms with Crippen LogP contribution in [0.3, 0.4) is 0 Å². The van der Waals surface area contributed by atoms with Crippen LogP contribution in [-0.4, -0.2) is 17.1 Å². The van der Waals surface area contributed by atoms with E-state index in [4.69, 9.17) is 16.3 Å². The average molecular weight is 403 g/mol. The summed E-state index contributed by atoms with van der Waals surface area (Å²) >= 11 is 6.55. The Morgan fingerprint density at radius 3 is 2.71 bits per heavy atom. The standard InChI is InChI=1S/C23H31ClN2O2/c1-15(2)14-28-19-9-7-6-8-16(19)13-25-22(27)20-18-12-23(3,4)11-10-17(18)21(24)26(20)5/h6-9,15H,10-14H2,1-5H3,(H,25,27). The Morgan fingerprint density at radius 2 is 2.00 bits per heavy atom. The molecule has 2 aromatic rings. The molecular weight excluding hydrogens is 372 g/mol. The number of para-hydroxylation sites is 1. The summed E-state index contributed by atoms with van der Waals surface area (Å²) in [6, 6.07) is 7.87. The lowest BCUT2D eigenvalue weighted by molar-refractivity contribution is 0.0940. The molecule has 0 spiro atoms. The van der Waals surface area contributed by atoms with Crippen molar-refractivity contribution in [2.24, 2.45) is 18.4 Å². The van der Waals surface area contributed by atoms with Gasteiger partial charge in [-0.05, 0) is 47.8 Å². The van der Waals surface area contributed by atoms with Crippen molar-refractivity contribution >= 4 is 17.5 Å². The number of hydrogen-bond acceptors (Lipinski definition) is 2. The highest BCUT2D eigenvalue weighted by Crippen LogP contribution is 2.40. The van der Waals surface area contributed by atoms with Gasteiger partial charge >= 0.3 is 0 Å². The van der Waals surface area contributed by atoms with Crippen LogP contribution in [0.15, 0.2) is 24.3 Å². The number of ether oxygens (including phenoxy) is 1. The number of halogens is 1. The van der Waals surface area contributed by atoms with E-state index in [0.717, 1.165) is 41.7 Å². The fraction of sp³-hybridized carbons (Fsp3) is 0.522. The average Bonchev–Trinajstić information content (AvgIpc) is 2.87. The number of carbonyl (C=O) groups is 1. The van der Waals surface area contributed by atoms with E-state index < -0.39 is 0 Å². The molecule has 3 rings (SSSR count). The molecule has 28 heavy (non-hydrogen) atoms. The fourth-order valence-corrected chi connectivity index (χ4v) is 4.13. The molecule has 1 aliphatic carbocycles. The maximum Gasteiger partial charge on any atom is 0.268 e. The lowest BCUT2D eigenvalue weighted by Crippen LogP contribution is -2.28. The zero-order valence-corrected chi connectivity index (χ0v) is 18.3. The maximum atomic E-state index is 13.1. The number of fused-ring (bicyclic) bond motifs is 1. The summed E-state index contributed by atoms with van der Waals surface area (Å²) in [6.45, 7) is 9.82. The predicted molar refractivity (Wildman–Crippen MR) is 114 cm³/mol. The smallest absolute Gasteiger partial charge is 0.268 e. The molecule has 5 heteroatoms. The predicted octanol–water partition coefficient (Wildman–Crippen LogP) is 5.16. The monoisotopic (exact) mass is 402 g/mol. The van der Waals surface area contributed by atoms with Crippen molar-refractivity contribution in [3.05, 3.63) is 51.8 Å². The highest BCUT2D eigenvalue weighted by atomic mass is 35.5. The number of nitrogens with one attached hydrogen (secondary N) is 1. The van der Waals surface area contributed by atoms with Crippen LogP contribution in [-0.2, 0) is 26.4 Å². The van der Waals surface area contributed by atoms with Gasteiger partial charge in [0, 0.05) is 19.2 Å². The van der Waals surface area contributed by atoms with Gasteiger partial charge < -0.3 is 14.6 Å². The highest BCUT2D eigenvalue weighted by molar-refractivity contribution is 6.31. The van der Waals surface area contributed by atoms with Crippen molar-refractivity contribution in [2.45, 2.75) is 53.5 Å². The van der Waals surface area contributed by atoms with Crippen molar-refractivity contribution in [3.8, 4) is 5.75 Å². The molecule has 0 saturated carbocycles. The van der Waals surface area contributed by atoms with Gasteiger partial charge in [0.2, 0.25) is 0 Å². The fourth-order valence-electron chi connectivity index (χ4n) is 3.84. The number of carbonyl (C=O) groups excluding carboxylic acids is 1. The first kappa shape index (κ1) is 20.8. The van der Waals surface area contributed by atoms with Crippen molar-refractivity contribution < 1.29 is 9.53 Å². The SMILES string of the molecule is CC(C)COc1ccccc1CNC(=O)c1c2c(c(Cl)n1C)CCC(C)(C)C2. The van der Waals surface area contributed by atoms with E-state index in [1.807, 2.05) is 35.9 Å². The van der Waals surface area contributed by atoms with Crippen LogP contribution in [0.5, 0.6) is 5.75 Å². The maximum absolute atomic E-state index is 13.1. The van der Waals surface area contributed by atoms with Gasteiger partial charge in [0.15, 0.2) is 0 Å². The molecule has 1 heterocycles. The molecule has 0 aliphatic heterocycles. The van der Waals surface area contributed by atoms with Gasteiger partial charge in [-0.1, -0.05) is 57.5 Å². The molecule has 0 fully saturated rings. The Kier molecular flexibility index (Phi) is 6.09. The Balaban J connectivity index is 1.79. The van der Waals surface area contributed by atoms with E-state index >= 15 is 0 Å². The van der Waals surface area contributed by atoms with Gasteiger partial charge in [-0.25, -0.2) is 0 Å². The summed E-state index contributed by atoms with van der Waals surface area (Å²) in [5, 5.41) is 3.77. The third-order valence-corrected chi connectivity index (χ3v) is 5.92. The van der Waals surface area contributed by atoms with Crippen LogP contribution in [0.25, 0.3) is 0 Å². The van der Waals surface area contributed by atoms with E-state index in [1.165, 1.54) is 0 Å². The third kappa shape index (κ3) is 4.38. The first-order valence-electron chi connectivity index (χ1n) is 10.0. The molecule has 0 saturated heterocycles. The normalized spacial score (nSPS) is 15.4. The first-order chi connectivity index (χ1) is 13.2. The first-order valence-corrected chi connectivity index (χ1v) is 10.4. The van der Waals surface area contributed by atoms with Gasteiger partial charge in [0.1, 0.15) is 16.6 Å². The largest absolute Gasteiger partial charge is 0.493 e. The van der Waals surface area contributed by atoms with Gasteiger partial charge in [-0.15, -0.1) is 0 Å². The van der Waals surface area contributed by atoms with Crippen LogP contribution in [0.4, 0.5) is 0 Å². The minimum absolute atomic E-state index is 0.0815. The summed E-state index contributed by atoms with van der Waals surface area (Å²) in [5.41, 5.74) is 4.09. The van der Waals surface area contributed by atoms with Crippen LogP contribution in [0.1, 0.15) is 61.3 Å². The minimum atomic E-state index is -0.0815. The van der Waals surface area contributed by atoms with Crippen molar-refractivity contribution in [2.75, 3.05) is 6.61 Å². The number of hydrogen-bond donors (Lipinski definition) is 1. The zero-order valence-electron chi connectivity index (χ0n) is 17.6. The Bertz CT molecular complexity index is 868. The lowest BCUT2D eigenvalue weighted by Gasteiger charge is -2.30. The zero-order chi connectivity index (χ0) is 20.5. The molecule has 1 amide bonds. The molecule has 0 bridgehead atoms. The third-order valence-electron chi connectivity index (χ3n) is 5.44. The molecule has 1 N–H and O–H groups in total.